The van der Waals surface area contributed by atoms with E-state index in [1.807, 2.05) is 6.07 Å². The van der Waals surface area contributed by atoms with E-state index in [0.717, 1.165) is 17.5 Å². The number of hydrogen-bond donors (Lipinski definition) is 0. The zero-order valence-corrected chi connectivity index (χ0v) is 22.3. The summed E-state index contributed by atoms with van der Waals surface area (Å²) in [5.41, 5.74) is 17.2. The lowest BCUT2D eigenvalue weighted by Gasteiger charge is -2.43. The van der Waals surface area contributed by atoms with E-state index in [0.29, 0.717) is 5.56 Å². The minimum absolute atomic E-state index is 0.0101. The second-order valence-electron chi connectivity index (χ2n) is 11.3. The number of nitrogens with one attached hydrogen (secondary N) is 1. The maximum atomic E-state index is 12.7. The minimum Gasteiger partial charge on any atom is -0.449 e. The molecule has 2 aromatic rings. The molecule has 163 valence electrons. The van der Waals surface area contributed by atoms with Gasteiger partial charge in [-0.25, -0.2) is 0 Å². The third-order valence-electron chi connectivity index (χ3n) is 6.87. The summed E-state index contributed by atoms with van der Waals surface area (Å²) >= 11 is 0. The van der Waals surface area contributed by atoms with Crippen molar-refractivity contribution in [3.8, 4) is 11.1 Å². The molecular weight excluding hydrogens is 414 g/mol. The summed E-state index contributed by atoms with van der Waals surface area (Å²) in [5.74, 6) is -0.591. The number of fused-ring (bicyclic) bond motifs is 3. The van der Waals surface area contributed by atoms with Crippen LogP contribution < -0.4 is 16.1 Å². The van der Waals surface area contributed by atoms with Crippen LogP contribution in [-0.4, -0.2) is 22.5 Å². The maximum Gasteiger partial charge on any atom is 0.270 e. The summed E-state index contributed by atoms with van der Waals surface area (Å²) in [7, 11) is -4.38. The number of carbonyl (C=O) groups is 1. The average Bonchev–Trinajstić information content (AvgIpc) is 2.96. The van der Waals surface area contributed by atoms with Gasteiger partial charge in [-0.1, -0.05) is 44.6 Å². The molecule has 31 heavy (non-hydrogen) atoms. The van der Waals surface area contributed by atoms with Crippen LogP contribution in [0.4, 0.5) is 0 Å². The van der Waals surface area contributed by atoms with Crippen LogP contribution in [0.15, 0.2) is 23.8 Å². The van der Waals surface area contributed by atoms with E-state index in [1.54, 1.807) is 0 Å². The Kier molecular flexibility index (Phi) is 4.86. The van der Waals surface area contributed by atoms with Gasteiger partial charge in [-0.05, 0) is 102 Å². The highest BCUT2D eigenvalue weighted by Crippen LogP contribution is 2.41. The lowest BCUT2D eigenvalue weighted by molar-refractivity contribution is 0.0993. The molecule has 1 amide bonds. The summed E-state index contributed by atoms with van der Waals surface area (Å²) < 4.78 is 6.85. The van der Waals surface area contributed by atoms with Crippen LogP contribution in [0.1, 0.15) is 60.3 Å². The van der Waals surface area contributed by atoms with Gasteiger partial charge >= 0.3 is 0 Å². The van der Waals surface area contributed by atoms with E-state index in [4.69, 9.17) is 9.85 Å². The van der Waals surface area contributed by atoms with Crippen molar-refractivity contribution in [3.05, 3.63) is 51.6 Å². The number of allylic oxidation sites excluding steroid dienone is 1. The highest BCUT2D eigenvalue weighted by atomic mass is 28.4. The normalized spacial score (nSPS) is 18.5. The number of benzene rings is 2. The van der Waals surface area contributed by atoms with Crippen molar-refractivity contribution in [3.63, 3.8) is 0 Å². The minimum atomic E-state index is -2.27. The topological polar surface area (TPSA) is 50.1 Å². The fourth-order valence-electron chi connectivity index (χ4n) is 5.63. The van der Waals surface area contributed by atoms with Crippen molar-refractivity contribution in [1.82, 2.24) is 5.73 Å². The van der Waals surface area contributed by atoms with Gasteiger partial charge in [0, 0.05) is 5.56 Å². The summed E-state index contributed by atoms with van der Waals surface area (Å²) in [6.07, 6.45) is 3.17. The van der Waals surface area contributed by atoms with Crippen LogP contribution >= 0.6 is 0 Å². The van der Waals surface area contributed by atoms with Crippen LogP contribution in [0.5, 0.6) is 0 Å². The summed E-state index contributed by atoms with van der Waals surface area (Å²) in [4.78, 5) is 12.7. The van der Waals surface area contributed by atoms with Gasteiger partial charge in [0.2, 0.25) is 16.6 Å². The van der Waals surface area contributed by atoms with Gasteiger partial charge in [-0.2, -0.15) is 0 Å². The molecule has 5 heteroatoms. The lowest BCUT2D eigenvalue weighted by Crippen LogP contribution is -2.66. The van der Waals surface area contributed by atoms with E-state index in [9.17, 15) is 4.79 Å². The molecule has 0 aromatic heterocycles. The number of hydrogen-bond acceptors (Lipinski definition) is 2. The Morgan fingerprint density at radius 2 is 1.68 bits per heavy atom. The van der Waals surface area contributed by atoms with Crippen molar-refractivity contribution in [2.45, 2.75) is 72.6 Å². The molecule has 1 heterocycles. The molecule has 3 nitrogen and oxygen atoms in total. The Morgan fingerprint density at radius 3 is 2.26 bits per heavy atom. The van der Waals surface area contributed by atoms with Gasteiger partial charge < -0.3 is 4.12 Å². The molecule has 1 N–H and O–H groups in total. The quantitative estimate of drug-likeness (QED) is 0.593. The summed E-state index contributed by atoms with van der Waals surface area (Å²) in [6.45, 7) is 20.0. The molecule has 0 unspecified atom stereocenters. The molecule has 2 aromatic carbocycles. The first-order chi connectivity index (χ1) is 14.1. The first-order valence-corrected chi connectivity index (χ1v) is 16.9. The van der Waals surface area contributed by atoms with Gasteiger partial charge in [0.1, 0.15) is 0 Å². The van der Waals surface area contributed by atoms with Gasteiger partial charge in [0.15, 0.2) is 0 Å². The molecule has 2 bridgehead atoms. The molecule has 1 radical (unpaired) electrons. The number of carbonyl (C=O) groups excluding carboxylic acids is 1. The predicted octanol–water partition coefficient (Wildman–Crippen LogP) is 5.20. The summed E-state index contributed by atoms with van der Waals surface area (Å²) in [6, 6.07) is 6.58. The van der Waals surface area contributed by atoms with Crippen LogP contribution in [0, 0.1) is 6.92 Å². The zero-order chi connectivity index (χ0) is 23.1. The van der Waals surface area contributed by atoms with Gasteiger partial charge in [-0.3, -0.25) is 10.5 Å². The van der Waals surface area contributed by atoms with Crippen LogP contribution in [0.2, 0.25) is 26.2 Å². The van der Waals surface area contributed by atoms with Crippen molar-refractivity contribution in [2.24, 2.45) is 0 Å². The van der Waals surface area contributed by atoms with Gasteiger partial charge in [0.05, 0.1) is 0 Å². The van der Waals surface area contributed by atoms with E-state index in [1.165, 1.54) is 38.2 Å². The average molecular weight is 449 g/mol. The molecule has 1 aliphatic heterocycles. The Morgan fingerprint density at radius 1 is 1.03 bits per heavy atom. The van der Waals surface area contributed by atoms with E-state index >= 15 is 0 Å². The summed E-state index contributed by atoms with van der Waals surface area (Å²) in [5, 5.41) is 2.39. The number of amides is 1. The zero-order valence-electron chi connectivity index (χ0n) is 20.3. The van der Waals surface area contributed by atoms with E-state index in [2.05, 4.69) is 79.0 Å². The van der Waals surface area contributed by atoms with Crippen molar-refractivity contribution in [2.75, 3.05) is 0 Å². The highest BCUT2D eigenvalue weighted by molar-refractivity contribution is 7.00. The maximum absolute atomic E-state index is 12.7. The molecule has 0 saturated heterocycles. The third kappa shape index (κ3) is 3.47. The van der Waals surface area contributed by atoms with E-state index in [-0.39, 0.29) is 5.41 Å². The van der Waals surface area contributed by atoms with Gasteiger partial charge in [0.25, 0.3) is 5.91 Å². The lowest BCUT2D eigenvalue weighted by atomic mass is 9.81. The van der Waals surface area contributed by atoms with Crippen molar-refractivity contribution < 1.29 is 8.91 Å². The first kappa shape index (κ1) is 22.2. The molecule has 0 saturated carbocycles. The third-order valence-corrected chi connectivity index (χ3v) is 14.6. The van der Waals surface area contributed by atoms with Crippen molar-refractivity contribution in [1.29, 1.82) is 0 Å². The monoisotopic (exact) mass is 448 g/mol. The first-order valence-electron chi connectivity index (χ1n) is 11.1. The fourth-order valence-corrected chi connectivity index (χ4v) is 15.1. The number of rotatable bonds is 2. The van der Waals surface area contributed by atoms with Crippen LogP contribution in [0.25, 0.3) is 17.2 Å². The van der Waals surface area contributed by atoms with E-state index < -0.39 is 22.5 Å². The predicted molar refractivity (Wildman–Crippen MR) is 135 cm³/mol. The van der Waals surface area contributed by atoms with Crippen molar-refractivity contribution >= 4 is 39.0 Å². The second kappa shape index (κ2) is 6.77. The Bertz CT molecular complexity index is 1170. The Labute approximate surface area is 189 Å². The standard InChI is InChI=1S/C26H34NO2Si2/c1-15-10-17-12-18(26(3,4)5)13-20(19(17)11-15)23-21(25(27)28)14-22-16(2)24(23)31(8,9)29-30(22,6)7/h10,12-14,27H,11H2,1-9H3. The largest absolute Gasteiger partial charge is 0.449 e. The Hall–Kier alpha value is -1.96. The van der Waals surface area contributed by atoms with Gasteiger partial charge in [-0.15, -0.1) is 0 Å². The molecule has 4 rings (SSSR count). The molecule has 2 aliphatic rings. The second-order valence-corrected chi connectivity index (χ2v) is 19.2. The van der Waals surface area contributed by atoms with Crippen LogP contribution in [0.3, 0.4) is 0 Å². The Balaban J connectivity index is 2.17. The molecule has 1 aliphatic carbocycles. The SMILES string of the molecule is CC1=Cc2cc(C(C)(C)C)cc(-c3c(C([NH])=O)cc4c(C)c3[Si](C)(C)O[Si]4(C)C)c2C1. The fraction of sp³-hybridized carbons (Fsp3) is 0.423. The molecular formula is C26H34NO2Si2. The highest BCUT2D eigenvalue weighted by Gasteiger charge is 2.46. The molecule has 0 atom stereocenters. The van der Waals surface area contributed by atoms with Crippen LogP contribution in [-0.2, 0) is 16.0 Å². The molecule has 0 spiro atoms. The molecule has 0 fully saturated rings. The smallest absolute Gasteiger partial charge is 0.270 e.